The molecule has 1 aromatic rings. The molecule has 7 nitrogen and oxygen atoms in total. The average Bonchev–Trinajstić information content (AvgIpc) is 2.99. The molecule has 0 unspecified atom stereocenters. The van der Waals surface area contributed by atoms with Gasteiger partial charge in [-0.1, -0.05) is 30.3 Å². The van der Waals surface area contributed by atoms with Crippen molar-refractivity contribution in [2.24, 2.45) is 5.73 Å². The Morgan fingerprint density at radius 3 is 2.52 bits per heavy atom. The van der Waals surface area contributed by atoms with Crippen LogP contribution in [0.1, 0.15) is 30.7 Å². The first kappa shape index (κ1) is 21.2. The van der Waals surface area contributed by atoms with E-state index in [-0.39, 0.29) is 55.2 Å². The first-order valence-electron chi connectivity index (χ1n) is 9.15. The maximum absolute atomic E-state index is 12.5. The second-order valence-electron chi connectivity index (χ2n) is 7.12. The van der Waals surface area contributed by atoms with Gasteiger partial charge in [-0.15, -0.1) is 12.4 Å². The Morgan fingerprint density at radius 1 is 1.11 bits per heavy atom. The van der Waals surface area contributed by atoms with Crippen molar-refractivity contribution in [1.82, 2.24) is 15.1 Å². The number of hydrogen-bond acceptors (Lipinski definition) is 4. The van der Waals surface area contributed by atoms with Gasteiger partial charge in [0, 0.05) is 38.0 Å². The molecule has 0 spiro atoms. The first-order chi connectivity index (χ1) is 12.5. The van der Waals surface area contributed by atoms with Crippen LogP contribution in [0.15, 0.2) is 30.3 Å². The molecule has 0 radical (unpaired) electrons. The lowest BCUT2D eigenvalue weighted by Gasteiger charge is -2.27. The quantitative estimate of drug-likeness (QED) is 0.734. The number of likely N-dealkylation sites (tertiary alicyclic amines) is 2. The standard InChI is InChI=1S/C19H26N4O3.ClH/c20-17(24)12-22-10-15(14-6-2-1-3-7-14)16(11-22)21-18(25)13-23-9-5-4-8-19(23)26;/h1-3,6-7,15-16H,4-5,8-13H2,(H2,20,24)(H,21,25);1H/t15-,16+;/m1./s1. The molecular weight excluding hydrogens is 368 g/mol. The number of piperidine rings is 1. The number of nitrogens with zero attached hydrogens (tertiary/aromatic N) is 2. The van der Waals surface area contributed by atoms with Crippen LogP contribution in [0.2, 0.25) is 0 Å². The smallest absolute Gasteiger partial charge is 0.239 e. The summed E-state index contributed by atoms with van der Waals surface area (Å²) in [5.74, 6) is -0.376. The molecule has 3 amide bonds. The summed E-state index contributed by atoms with van der Waals surface area (Å²) in [5, 5.41) is 3.07. The van der Waals surface area contributed by atoms with E-state index in [1.165, 1.54) is 0 Å². The van der Waals surface area contributed by atoms with Gasteiger partial charge in [0.05, 0.1) is 13.1 Å². The summed E-state index contributed by atoms with van der Waals surface area (Å²) in [6, 6.07) is 9.85. The molecule has 2 saturated heterocycles. The second kappa shape index (κ2) is 9.71. The number of nitrogens with two attached hydrogens (primary N) is 1. The summed E-state index contributed by atoms with van der Waals surface area (Å²) in [4.78, 5) is 39.3. The van der Waals surface area contributed by atoms with Crippen LogP contribution in [0.5, 0.6) is 0 Å². The van der Waals surface area contributed by atoms with E-state index in [4.69, 9.17) is 5.73 Å². The van der Waals surface area contributed by atoms with Gasteiger partial charge in [0.25, 0.3) is 0 Å². The van der Waals surface area contributed by atoms with Gasteiger partial charge in [0.2, 0.25) is 17.7 Å². The van der Waals surface area contributed by atoms with Crippen molar-refractivity contribution >= 4 is 30.1 Å². The van der Waals surface area contributed by atoms with Crippen LogP contribution in [0.3, 0.4) is 0 Å². The molecule has 27 heavy (non-hydrogen) atoms. The number of benzene rings is 1. The van der Waals surface area contributed by atoms with E-state index >= 15 is 0 Å². The fourth-order valence-corrected chi connectivity index (χ4v) is 3.87. The Kier molecular flexibility index (Phi) is 7.62. The molecule has 2 aliphatic heterocycles. The third kappa shape index (κ3) is 5.68. The van der Waals surface area contributed by atoms with Gasteiger partial charge in [-0.05, 0) is 18.4 Å². The largest absolute Gasteiger partial charge is 0.369 e. The molecule has 0 saturated carbocycles. The van der Waals surface area contributed by atoms with Crippen molar-refractivity contribution in [3.05, 3.63) is 35.9 Å². The summed E-state index contributed by atoms with van der Waals surface area (Å²) in [7, 11) is 0. The highest BCUT2D eigenvalue weighted by Crippen LogP contribution is 2.27. The lowest BCUT2D eigenvalue weighted by molar-refractivity contribution is -0.138. The van der Waals surface area contributed by atoms with Gasteiger partial charge in [-0.3, -0.25) is 19.3 Å². The SMILES string of the molecule is Cl.NC(=O)CN1C[C@H](NC(=O)CN2CCCCC2=O)[C@@H](c2ccccc2)C1. The Morgan fingerprint density at radius 2 is 1.85 bits per heavy atom. The summed E-state index contributed by atoms with van der Waals surface area (Å²) in [5.41, 5.74) is 6.45. The van der Waals surface area contributed by atoms with Gasteiger partial charge in [-0.25, -0.2) is 0 Å². The summed E-state index contributed by atoms with van der Waals surface area (Å²) >= 11 is 0. The number of carbonyl (C=O) groups excluding carboxylic acids is 3. The highest BCUT2D eigenvalue weighted by molar-refractivity contribution is 5.85. The fourth-order valence-electron chi connectivity index (χ4n) is 3.87. The molecule has 0 aromatic heterocycles. The van der Waals surface area contributed by atoms with E-state index in [1.54, 1.807) is 4.90 Å². The van der Waals surface area contributed by atoms with Gasteiger partial charge >= 0.3 is 0 Å². The zero-order valence-electron chi connectivity index (χ0n) is 15.3. The van der Waals surface area contributed by atoms with Gasteiger partial charge in [-0.2, -0.15) is 0 Å². The van der Waals surface area contributed by atoms with Crippen LogP contribution in [0.4, 0.5) is 0 Å². The fraction of sp³-hybridized carbons (Fsp3) is 0.526. The van der Waals surface area contributed by atoms with Gasteiger partial charge < -0.3 is 16.0 Å². The predicted molar refractivity (Wildman–Crippen MR) is 104 cm³/mol. The topological polar surface area (TPSA) is 95.7 Å². The molecule has 2 aliphatic rings. The Bertz CT molecular complexity index is 670. The third-order valence-corrected chi connectivity index (χ3v) is 5.10. The lowest BCUT2D eigenvalue weighted by Crippen LogP contribution is -2.47. The third-order valence-electron chi connectivity index (χ3n) is 5.10. The molecule has 2 atom stereocenters. The molecule has 1 aromatic carbocycles. The molecule has 8 heteroatoms. The van der Waals surface area contributed by atoms with Crippen molar-refractivity contribution < 1.29 is 14.4 Å². The molecule has 148 valence electrons. The van der Waals surface area contributed by atoms with Crippen molar-refractivity contribution in [2.45, 2.75) is 31.2 Å². The van der Waals surface area contributed by atoms with Crippen LogP contribution in [0, 0.1) is 0 Å². The minimum absolute atomic E-state index is 0. The van der Waals surface area contributed by atoms with Crippen molar-refractivity contribution in [3.8, 4) is 0 Å². The van der Waals surface area contributed by atoms with Crippen LogP contribution < -0.4 is 11.1 Å². The van der Waals surface area contributed by atoms with Crippen LogP contribution in [-0.4, -0.2) is 66.3 Å². The summed E-state index contributed by atoms with van der Waals surface area (Å²) < 4.78 is 0. The van der Waals surface area contributed by atoms with E-state index < -0.39 is 0 Å². The molecule has 0 aliphatic carbocycles. The van der Waals surface area contributed by atoms with Gasteiger partial charge in [0.15, 0.2) is 0 Å². The van der Waals surface area contributed by atoms with Crippen LogP contribution >= 0.6 is 12.4 Å². The first-order valence-corrected chi connectivity index (χ1v) is 9.15. The Labute approximate surface area is 165 Å². The lowest BCUT2D eigenvalue weighted by atomic mass is 9.94. The normalized spacial score (nSPS) is 23.0. The van der Waals surface area contributed by atoms with E-state index in [0.717, 1.165) is 18.4 Å². The van der Waals surface area contributed by atoms with Gasteiger partial charge in [0.1, 0.15) is 0 Å². The zero-order chi connectivity index (χ0) is 18.5. The average molecular weight is 395 g/mol. The number of nitrogens with one attached hydrogen (secondary N) is 1. The number of hydrogen-bond donors (Lipinski definition) is 2. The number of carbonyl (C=O) groups is 3. The number of rotatable bonds is 6. The second-order valence-corrected chi connectivity index (χ2v) is 7.12. The van der Waals surface area contributed by atoms with Crippen molar-refractivity contribution in [1.29, 1.82) is 0 Å². The predicted octanol–water partition coefficient (Wildman–Crippen LogP) is 0.490. The van der Waals surface area contributed by atoms with E-state index in [2.05, 4.69) is 5.32 Å². The van der Waals surface area contributed by atoms with Crippen LogP contribution in [0.25, 0.3) is 0 Å². The number of primary amides is 1. The minimum atomic E-state index is -0.372. The Balaban J connectivity index is 0.00000261. The van der Waals surface area contributed by atoms with E-state index in [0.29, 0.717) is 26.1 Å². The molecule has 0 bridgehead atoms. The number of halogens is 1. The highest BCUT2D eigenvalue weighted by Gasteiger charge is 2.35. The monoisotopic (exact) mass is 394 g/mol. The highest BCUT2D eigenvalue weighted by atomic mass is 35.5. The number of amides is 3. The minimum Gasteiger partial charge on any atom is -0.369 e. The maximum atomic E-state index is 12.5. The van der Waals surface area contributed by atoms with E-state index in [1.807, 2.05) is 35.2 Å². The van der Waals surface area contributed by atoms with E-state index in [9.17, 15) is 14.4 Å². The Hall–Kier alpha value is -2.12. The molecule has 2 fully saturated rings. The maximum Gasteiger partial charge on any atom is 0.239 e. The van der Waals surface area contributed by atoms with Crippen molar-refractivity contribution in [2.75, 3.05) is 32.7 Å². The molecule has 3 rings (SSSR count). The summed E-state index contributed by atoms with van der Waals surface area (Å²) in [6.45, 7) is 2.17. The van der Waals surface area contributed by atoms with Crippen molar-refractivity contribution in [3.63, 3.8) is 0 Å². The summed E-state index contributed by atoms with van der Waals surface area (Å²) in [6.07, 6.45) is 2.37. The molecular formula is C19H27ClN4O3. The zero-order valence-corrected chi connectivity index (χ0v) is 16.1. The molecule has 2 heterocycles. The van der Waals surface area contributed by atoms with Crippen LogP contribution in [-0.2, 0) is 14.4 Å². The molecule has 3 N–H and O–H groups in total.